The molecule has 3 aliphatic heterocycles. The highest BCUT2D eigenvalue weighted by atomic mass is 32.2. The van der Waals surface area contributed by atoms with Gasteiger partial charge in [-0.05, 0) is 236 Å². The second kappa shape index (κ2) is 29.2. The van der Waals surface area contributed by atoms with E-state index in [-0.39, 0.29) is 75.9 Å². The van der Waals surface area contributed by atoms with E-state index >= 15 is 0 Å². The second-order valence-corrected chi connectivity index (χ2v) is 34.7. The molecule has 14 saturated carbocycles. The van der Waals surface area contributed by atoms with Crippen LogP contribution in [0.5, 0.6) is 0 Å². The molecule has 0 aromatic heterocycles. The summed E-state index contributed by atoms with van der Waals surface area (Å²) in [7, 11) is -3.53. The van der Waals surface area contributed by atoms with Crippen LogP contribution in [0.25, 0.3) is 0 Å². The molecule has 3 saturated heterocycles. The molecule has 22 heteroatoms. The average Bonchev–Trinajstić information content (AvgIpc) is 1.55. The molecule has 3 heterocycles. The molecule has 21 nitrogen and oxygen atoms in total. The molecule has 12 bridgehead atoms. The molecule has 17 fully saturated rings. The normalized spacial score (nSPS) is 38.4. The summed E-state index contributed by atoms with van der Waals surface area (Å²) in [5.41, 5.74) is 1.07. The molecule has 546 valence electrons. The lowest BCUT2D eigenvalue weighted by molar-refractivity contribution is -0.221. The van der Waals surface area contributed by atoms with Crippen molar-refractivity contribution in [3.63, 3.8) is 0 Å². The van der Waals surface area contributed by atoms with Crippen molar-refractivity contribution in [3.8, 4) is 0 Å². The molecule has 0 spiro atoms. The lowest BCUT2D eigenvalue weighted by Crippen LogP contribution is -2.67. The Morgan fingerprint density at radius 3 is 1.65 bits per heavy atom. The highest BCUT2D eigenvalue weighted by Gasteiger charge is 2.70. The van der Waals surface area contributed by atoms with E-state index in [1.807, 2.05) is 6.92 Å². The van der Waals surface area contributed by atoms with Gasteiger partial charge in [-0.3, -0.25) is 18.7 Å². The first kappa shape index (κ1) is 75.4. The largest absolute Gasteiger partial charge is 0.463 e. The van der Waals surface area contributed by atoms with Gasteiger partial charge >= 0.3 is 41.8 Å². The van der Waals surface area contributed by atoms with Crippen LogP contribution in [0.2, 0.25) is 0 Å². The van der Waals surface area contributed by atoms with Crippen LogP contribution in [0.1, 0.15) is 204 Å². The van der Waals surface area contributed by atoms with Crippen molar-refractivity contribution in [1.82, 2.24) is 4.90 Å². The van der Waals surface area contributed by atoms with Crippen LogP contribution in [0.15, 0.2) is 72.9 Å². The Bertz CT molecular complexity index is 3380. The number of nitrogens with zero attached hydrogens (tertiary/aromatic N) is 1. The lowest BCUT2D eigenvalue weighted by Gasteiger charge is -2.61. The molecule has 14 aliphatic carbocycles. The van der Waals surface area contributed by atoms with Crippen LogP contribution in [-0.2, 0) is 90.6 Å². The second-order valence-electron chi connectivity index (χ2n) is 32.9. The van der Waals surface area contributed by atoms with Gasteiger partial charge in [-0.15, -0.1) is 0 Å². The number of imide groups is 1. The summed E-state index contributed by atoms with van der Waals surface area (Å²) in [5.74, 6) is 4.20. The van der Waals surface area contributed by atoms with Crippen molar-refractivity contribution >= 4 is 63.7 Å². The van der Waals surface area contributed by atoms with Crippen LogP contribution in [0, 0.1) is 82.9 Å². The summed E-state index contributed by atoms with van der Waals surface area (Å²) in [4.78, 5) is 105. The smallest absolute Gasteiger partial charge is 0.347 e. The first-order chi connectivity index (χ1) is 46.4. The van der Waals surface area contributed by atoms with Crippen LogP contribution in [0.4, 0.5) is 0 Å². The molecular weight excluding hydrogens is 1290 g/mol. The maximum Gasteiger partial charge on any atom is 0.347 e. The van der Waals surface area contributed by atoms with Crippen molar-refractivity contribution < 1.29 is 94.0 Å². The number of carbonyl (C=O) groups excluding carboxylic acids is 9. The molecule has 99 heavy (non-hydrogen) atoms. The van der Waals surface area contributed by atoms with Crippen molar-refractivity contribution in [1.29, 1.82) is 0 Å². The van der Waals surface area contributed by atoms with Gasteiger partial charge in [0.2, 0.25) is 12.0 Å². The minimum absolute atomic E-state index is 0.00284. The number of likely N-dealkylation sites (tertiary alicyclic amines) is 1. The van der Waals surface area contributed by atoms with E-state index < -0.39 is 75.4 Å². The third-order valence-electron chi connectivity index (χ3n) is 24.7. The highest BCUT2D eigenvalue weighted by molar-refractivity contribution is 7.87. The van der Waals surface area contributed by atoms with Gasteiger partial charge in [0, 0.05) is 58.1 Å². The van der Waals surface area contributed by atoms with Crippen LogP contribution in [0.3, 0.4) is 0 Å². The quantitative estimate of drug-likeness (QED) is 0.0556. The van der Waals surface area contributed by atoms with Crippen LogP contribution in [-0.4, -0.2) is 137 Å². The SMILES string of the molecule is C=C(C)C(=O)N1C(=O)C2C3CC(C4CCCC43)C21.C=C(C)C(=O)OC1(C(C)C)C2CC3CC(C2)CC1C3.C=C(C)C(=O)OC1(C)CCCC1.C=C(C)C(=O)OC12CC3CC(CC(O)(C3)C1)C2.C=C(C)C(=O)OC1CCOC1=O.C=C(C)C(=O)OCC(=O)OC1C2CC3C1OS(=O)(=O)C3C2. The first-order valence-electron chi connectivity index (χ1n) is 36.3. The van der Waals surface area contributed by atoms with Crippen LogP contribution < -0.4 is 0 Å². The highest BCUT2D eigenvalue weighted by Crippen LogP contribution is 2.66. The van der Waals surface area contributed by atoms with E-state index in [4.69, 9.17) is 32.6 Å². The Hall–Kier alpha value is -6.26. The lowest BCUT2D eigenvalue weighted by atomic mass is 9.47. The van der Waals surface area contributed by atoms with E-state index in [2.05, 4.69) is 58.1 Å². The van der Waals surface area contributed by atoms with Crippen molar-refractivity contribution in [3.05, 3.63) is 72.9 Å². The fourth-order valence-corrected chi connectivity index (χ4v) is 23.1. The Kier molecular flexibility index (Phi) is 22.3. The summed E-state index contributed by atoms with van der Waals surface area (Å²) in [5, 5.41) is 10.1. The summed E-state index contributed by atoms with van der Waals surface area (Å²) in [6, 6.07) is 0.228. The number of aliphatic hydroxyl groups is 1. The van der Waals surface area contributed by atoms with Crippen molar-refractivity contribution in [2.75, 3.05) is 13.2 Å². The Morgan fingerprint density at radius 2 is 1.13 bits per heavy atom. The first-order valence-corrected chi connectivity index (χ1v) is 37.7. The number of β-lactam (4-membered cyclic amide) rings is 1. The maximum atomic E-state index is 12.2. The van der Waals surface area contributed by atoms with Gasteiger partial charge in [-0.1, -0.05) is 59.7 Å². The monoisotopic (exact) mass is 1400 g/mol. The summed E-state index contributed by atoms with van der Waals surface area (Å²) >= 11 is 0. The number of hydrogen-bond acceptors (Lipinski definition) is 20. The van der Waals surface area contributed by atoms with E-state index in [0.29, 0.717) is 96.0 Å². The molecule has 1 N–H and O–H groups in total. The minimum Gasteiger partial charge on any atom is -0.463 e. The van der Waals surface area contributed by atoms with Gasteiger partial charge in [0.1, 0.15) is 29.0 Å². The van der Waals surface area contributed by atoms with Gasteiger partial charge in [-0.2, -0.15) is 8.42 Å². The fraction of sp³-hybridized carbons (Fsp3) is 0.727. The van der Waals surface area contributed by atoms with E-state index in [1.165, 1.54) is 95.8 Å². The van der Waals surface area contributed by atoms with Gasteiger partial charge in [0.15, 0.2) is 6.61 Å². The maximum absolute atomic E-state index is 12.2. The number of rotatable bonds is 14. The topological polar surface area (TPSA) is 285 Å². The zero-order valence-electron chi connectivity index (χ0n) is 59.7. The number of fused-ring (bicyclic) bond motifs is 9. The number of carbonyl (C=O) groups is 9. The third-order valence-corrected chi connectivity index (χ3v) is 26.5. The fourth-order valence-electron chi connectivity index (χ4n) is 21.2. The summed E-state index contributed by atoms with van der Waals surface area (Å²) < 4.78 is 65.0. The molecule has 0 aromatic carbocycles. The number of ether oxygens (including phenoxy) is 7. The molecule has 17 aliphatic rings. The molecular formula is C77H107NO20S. The standard InChI is InChI=1S/C17H26O2.C15H19NO2.C14H20O3.C13H16O7S.C10H16O2.C8H10O4/c1-10(2)16(18)19-17(11(3)4)14-6-12-5-13(8-14)9-15(17)7-12;1-7(2)14(17)16-13-11-6-10(12(13)15(16)18)8-4-3-5-9(8)11;1-9(2)12(15)17-14-6-10-3-11(7-14)5-13(16,4-10)8-14;1-6(2)13(15)18-5-10(14)19-11-7-3-8-9(4-7)21(16,17)20-12(8)11;1-8(2)9(11)12-10(3)6-4-5-7-10;1-5(2)7(9)12-6-3-4-11-8(6)10/h11-15H,1,5-9H2,2-4H3;8-13H,1,3-6H2,2H3;10-11,16H,1,3-8H2,2H3;7-9,11-12H,1,3-5H2,2H3;1,4-7H2,2-3H3;6H,1,3-4H2,2H3. The predicted octanol–water partition coefficient (Wildman–Crippen LogP) is 11.1. The molecule has 2 amide bonds. The van der Waals surface area contributed by atoms with Gasteiger partial charge < -0.3 is 38.3 Å². The molecule has 14 unspecified atom stereocenters. The summed E-state index contributed by atoms with van der Waals surface area (Å²) in [6.07, 6.45) is 21.2. The molecule has 14 atom stereocenters. The number of esters is 7. The van der Waals surface area contributed by atoms with E-state index in [1.54, 1.807) is 27.7 Å². The number of amides is 2. The molecule has 0 radical (unpaired) electrons. The van der Waals surface area contributed by atoms with Gasteiger partial charge in [0.05, 0.1) is 29.4 Å². The van der Waals surface area contributed by atoms with Gasteiger partial charge in [-0.25, -0.2) is 33.6 Å². The van der Waals surface area contributed by atoms with Crippen LogP contribution >= 0.6 is 0 Å². The van der Waals surface area contributed by atoms with E-state index in [9.17, 15) is 56.7 Å². The zero-order chi connectivity index (χ0) is 72.3. The number of hydrogen-bond donors (Lipinski definition) is 1. The molecule has 17 rings (SSSR count). The number of cyclic esters (lactones) is 1. The van der Waals surface area contributed by atoms with Crippen molar-refractivity contribution in [2.45, 2.75) is 256 Å². The Morgan fingerprint density at radius 1 is 0.596 bits per heavy atom. The summed E-state index contributed by atoms with van der Waals surface area (Å²) in [6.45, 7) is 37.5. The average molecular weight is 1400 g/mol. The predicted molar refractivity (Wildman–Crippen MR) is 363 cm³/mol. The van der Waals surface area contributed by atoms with Gasteiger partial charge in [0.25, 0.3) is 16.0 Å². The Labute approximate surface area is 584 Å². The Balaban J connectivity index is 0.000000130. The third kappa shape index (κ3) is 15.6. The zero-order valence-corrected chi connectivity index (χ0v) is 60.6. The van der Waals surface area contributed by atoms with Crippen molar-refractivity contribution in [2.24, 2.45) is 82.9 Å². The minimum atomic E-state index is -3.53. The molecule has 0 aromatic rings. The van der Waals surface area contributed by atoms with E-state index in [0.717, 1.165) is 62.2 Å².